The van der Waals surface area contributed by atoms with Crippen molar-refractivity contribution in [3.63, 3.8) is 0 Å². The van der Waals surface area contributed by atoms with Crippen LogP contribution in [0.2, 0.25) is 0 Å². The van der Waals surface area contributed by atoms with Gasteiger partial charge in [-0.1, -0.05) is 0 Å². The average Bonchev–Trinajstić information content (AvgIpc) is 1.98. The number of carbonyl (C=O) groups excluding carboxylic acids is 2. The van der Waals surface area contributed by atoms with E-state index in [0.29, 0.717) is 0 Å². The molecule has 12 heavy (non-hydrogen) atoms. The van der Waals surface area contributed by atoms with Crippen molar-refractivity contribution in [2.75, 3.05) is 5.75 Å². The van der Waals surface area contributed by atoms with Gasteiger partial charge < -0.3 is 10.5 Å². The Kier molecular flexibility index (Phi) is 4.92. The van der Waals surface area contributed by atoms with Gasteiger partial charge >= 0.3 is 5.97 Å². The van der Waals surface area contributed by atoms with Crippen molar-refractivity contribution in [1.82, 2.24) is 0 Å². The Balaban J connectivity index is 4.14. The van der Waals surface area contributed by atoms with Crippen LogP contribution >= 0.6 is 12.6 Å². The predicted molar refractivity (Wildman–Crippen MR) is 48.1 cm³/mol. The molecule has 0 aliphatic carbocycles. The Morgan fingerprint density at radius 2 is 2.00 bits per heavy atom. The first-order chi connectivity index (χ1) is 5.49. The summed E-state index contributed by atoms with van der Waals surface area (Å²) < 4.78 is 4.76. The summed E-state index contributed by atoms with van der Waals surface area (Å²) in [6, 6.07) is -0.772. The largest absolute Gasteiger partial charge is 0.460 e. The van der Waals surface area contributed by atoms with Crippen LogP contribution in [0.1, 0.15) is 13.8 Å². The van der Waals surface area contributed by atoms with Gasteiger partial charge in [-0.3, -0.25) is 9.59 Å². The molecule has 2 atom stereocenters. The number of rotatable bonds is 4. The minimum absolute atomic E-state index is 0.213. The molecule has 0 aliphatic rings. The van der Waals surface area contributed by atoms with Gasteiger partial charge in [0.05, 0.1) is 0 Å². The maximum absolute atomic E-state index is 10.8. The molecule has 0 aromatic rings. The first-order valence-electron chi connectivity index (χ1n) is 3.53. The number of esters is 1. The van der Waals surface area contributed by atoms with Gasteiger partial charge in [-0.2, -0.15) is 12.6 Å². The molecule has 0 fully saturated rings. The normalized spacial score (nSPS) is 15.0. The predicted octanol–water partition coefficient (Wildman–Crippen LogP) is -0.236. The van der Waals surface area contributed by atoms with Crippen molar-refractivity contribution in [3.8, 4) is 0 Å². The van der Waals surface area contributed by atoms with Crippen molar-refractivity contribution < 1.29 is 14.3 Å². The molecule has 2 unspecified atom stereocenters. The third kappa shape index (κ3) is 3.73. The zero-order chi connectivity index (χ0) is 9.72. The Morgan fingerprint density at radius 1 is 1.50 bits per heavy atom. The maximum Gasteiger partial charge on any atom is 0.303 e. The number of carbonyl (C=O) groups is 2. The highest BCUT2D eigenvalue weighted by atomic mass is 32.1. The Labute approximate surface area is 76.9 Å². The van der Waals surface area contributed by atoms with Crippen LogP contribution in [0.3, 0.4) is 0 Å². The molecule has 0 aromatic heterocycles. The molecular weight excluding hydrogens is 178 g/mol. The van der Waals surface area contributed by atoms with Crippen LogP contribution in [0, 0.1) is 0 Å². The molecule has 0 aliphatic heterocycles. The van der Waals surface area contributed by atoms with E-state index in [4.69, 9.17) is 10.5 Å². The highest BCUT2D eigenvalue weighted by molar-refractivity contribution is 7.80. The number of ether oxygens (including phenoxy) is 1. The lowest BCUT2D eigenvalue weighted by Gasteiger charge is -2.19. The van der Waals surface area contributed by atoms with Crippen LogP contribution in [-0.4, -0.2) is 29.7 Å². The van der Waals surface area contributed by atoms with Gasteiger partial charge in [-0.05, 0) is 6.92 Å². The smallest absolute Gasteiger partial charge is 0.303 e. The summed E-state index contributed by atoms with van der Waals surface area (Å²) in [5.41, 5.74) is 5.44. The number of ketones is 1. The van der Waals surface area contributed by atoms with E-state index in [1.54, 1.807) is 0 Å². The van der Waals surface area contributed by atoms with Crippen LogP contribution in [0.4, 0.5) is 0 Å². The molecule has 0 spiro atoms. The van der Waals surface area contributed by atoms with E-state index >= 15 is 0 Å². The molecule has 0 saturated carbocycles. The van der Waals surface area contributed by atoms with Gasteiger partial charge in [-0.25, -0.2) is 0 Å². The molecule has 5 heteroatoms. The first kappa shape index (κ1) is 11.4. The number of hydrogen-bond acceptors (Lipinski definition) is 5. The first-order valence-corrected chi connectivity index (χ1v) is 4.16. The van der Waals surface area contributed by atoms with Crippen molar-refractivity contribution in [1.29, 1.82) is 0 Å². The second-order valence-electron chi connectivity index (χ2n) is 2.47. The molecule has 0 heterocycles. The van der Waals surface area contributed by atoms with E-state index in [9.17, 15) is 9.59 Å². The van der Waals surface area contributed by atoms with Gasteiger partial charge in [0.25, 0.3) is 0 Å². The van der Waals surface area contributed by atoms with Crippen molar-refractivity contribution >= 4 is 24.4 Å². The summed E-state index contributed by atoms with van der Waals surface area (Å²) in [6.07, 6.45) is -0.622. The third-order valence-corrected chi connectivity index (χ3v) is 1.73. The standard InChI is InChI=1S/C7H13NO3S/c1-4(9)7(8)6(3-12)11-5(2)10/h6-7,12H,3,8H2,1-2H3. The minimum atomic E-state index is -0.772. The molecule has 0 rings (SSSR count). The number of hydrogen-bond donors (Lipinski definition) is 2. The number of thiol groups is 1. The Hall–Kier alpha value is -0.550. The number of nitrogens with two attached hydrogens (primary N) is 1. The fourth-order valence-corrected chi connectivity index (χ4v) is 1.00. The van der Waals surface area contributed by atoms with Gasteiger partial charge in [0.2, 0.25) is 0 Å². The lowest BCUT2D eigenvalue weighted by molar-refractivity contribution is -0.147. The second kappa shape index (κ2) is 5.16. The summed E-state index contributed by atoms with van der Waals surface area (Å²) in [7, 11) is 0. The summed E-state index contributed by atoms with van der Waals surface area (Å²) in [5, 5.41) is 0. The maximum atomic E-state index is 10.8. The van der Waals surface area contributed by atoms with Crippen LogP contribution in [0.25, 0.3) is 0 Å². The molecule has 0 aromatic carbocycles. The summed E-state index contributed by atoms with van der Waals surface area (Å²) in [5.74, 6) is -0.415. The van der Waals surface area contributed by atoms with Crippen molar-refractivity contribution in [2.45, 2.75) is 26.0 Å². The van der Waals surface area contributed by atoms with E-state index < -0.39 is 18.1 Å². The second-order valence-corrected chi connectivity index (χ2v) is 2.83. The highest BCUT2D eigenvalue weighted by Crippen LogP contribution is 2.01. The molecule has 0 bridgehead atoms. The summed E-state index contributed by atoms with van der Waals surface area (Å²) in [4.78, 5) is 21.3. The molecule has 2 N–H and O–H groups in total. The monoisotopic (exact) mass is 191 g/mol. The molecule has 70 valence electrons. The zero-order valence-corrected chi connectivity index (χ0v) is 8.01. The lowest BCUT2D eigenvalue weighted by atomic mass is 10.1. The van der Waals surface area contributed by atoms with E-state index in [1.807, 2.05) is 0 Å². The molecule has 0 amide bonds. The molecule has 0 radical (unpaired) electrons. The van der Waals surface area contributed by atoms with E-state index in [0.717, 1.165) is 0 Å². The number of Topliss-reactive ketones (excluding diaryl/α,β-unsaturated/α-hetero) is 1. The highest BCUT2D eigenvalue weighted by Gasteiger charge is 2.22. The Morgan fingerprint density at radius 3 is 2.25 bits per heavy atom. The summed E-state index contributed by atoms with van der Waals surface area (Å²) in [6.45, 7) is 2.62. The molecular formula is C7H13NO3S. The van der Waals surface area contributed by atoms with Crippen molar-refractivity contribution in [2.24, 2.45) is 5.73 Å². The fraction of sp³-hybridized carbons (Fsp3) is 0.714. The van der Waals surface area contributed by atoms with Gasteiger partial charge in [0.15, 0.2) is 0 Å². The van der Waals surface area contributed by atoms with E-state index in [-0.39, 0.29) is 11.5 Å². The molecule has 0 saturated heterocycles. The van der Waals surface area contributed by atoms with Gasteiger partial charge in [0.1, 0.15) is 17.9 Å². The topological polar surface area (TPSA) is 69.4 Å². The Bertz CT molecular complexity index is 183. The van der Waals surface area contributed by atoms with E-state index in [1.165, 1.54) is 13.8 Å². The van der Waals surface area contributed by atoms with Gasteiger partial charge in [-0.15, -0.1) is 0 Å². The minimum Gasteiger partial charge on any atom is -0.460 e. The quantitative estimate of drug-likeness (QED) is 0.475. The van der Waals surface area contributed by atoms with Crippen LogP contribution < -0.4 is 5.73 Å². The van der Waals surface area contributed by atoms with E-state index in [2.05, 4.69) is 12.6 Å². The third-order valence-electron chi connectivity index (χ3n) is 1.37. The average molecular weight is 191 g/mol. The van der Waals surface area contributed by atoms with Crippen molar-refractivity contribution in [3.05, 3.63) is 0 Å². The fourth-order valence-electron chi connectivity index (χ4n) is 0.699. The van der Waals surface area contributed by atoms with Crippen LogP contribution in [-0.2, 0) is 14.3 Å². The van der Waals surface area contributed by atoms with Crippen LogP contribution in [0.15, 0.2) is 0 Å². The lowest BCUT2D eigenvalue weighted by Crippen LogP contribution is -2.44. The van der Waals surface area contributed by atoms with Crippen LogP contribution in [0.5, 0.6) is 0 Å². The molecule has 4 nitrogen and oxygen atoms in total. The summed E-state index contributed by atoms with van der Waals surface area (Å²) >= 11 is 3.91. The zero-order valence-electron chi connectivity index (χ0n) is 7.11. The van der Waals surface area contributed by atoms with Gasteiger partial charge in [0, 0.05) is 12.7 Å². The SMILES string of the molecule is CC(=O)OC(CS)C(N)C(C)=O.